The number of methoxy groups -OCH3 is 1. The summed E-state index contributed by atoms with van der Waals surface area (Å²) >= 11 is 26.6. The fourth-order valence-electron chi connectivity index (χ4n) is 2.01. The summed E-state index contributed by atoms with van der Waals surface area (Å²) in [7, 11) is 1.51. The van der Waals surface area contributed by atoms with Crippen molar-refractivity contribution in [1.82, 2.24) is 10.6 Å². The molecular formula is C17H15BrCl3N3O2S. The van der Waals surface area contributed by atoms with Crippen LogP contribution in [0.25, 0.3) is 0 Å². The average molecular weight is 512 g/mol. The summed E-state index contributed by atoms with van der Waals surface area (Å²) in [6.07, 6.45) is -1.07. The van der Waals surface area contributed by atoms with Gasteiger partial charge in [0.2, 0.25) is 3.79 Å². The Bertz CT molecular complexity index is 816. The predicted molar refractivity (Wildman–Crippen MR) is 118 cm³/mol. The molecule has 0 bridgehead atoms. The summed E-state index contributed by atoms with van der Waals surface area (Å²) in [5.41, 5.74) is 1.08. The molecule has 5 nitrogen and oxygen atoms in total. The van der Waals surface area contributed by atoms with Crippen LogP contribution in [0.1, 0.15) is 10.4 Å². The molecule has 1 atom stereocenters. The van der Waals surface area contributed by atoms with Crippen LogP contribution in [0.2, 0.25) is 0 Å². The highest BCUT2D eigenvalue weighted by atomic mass is 79.9. The van der Waals surface area contributed by atoms with Crippen molar-refractivity contribution in [2.24, 2.45) is 0 Å². The second kappa shape index (κ2) is 9.80. The Labute approximate surface area is 185 Å². The topological polar surface area (TPSA) is 62.4 Å². The number of anilines is 1. The molecule has 0 heterocycles. The molecule has 1 amide bonds. The molecule has 0 spiro atoms. The van der Waals surface area contributed by atoms with E-state index < -0.39 is 15.9 Å². The lowest BCUT2D eigenvalue weighted by atomic mass is 10.2. The van der Waals surface area contributed by atoms with Gasteiger partial charge in [-0.05, 0) is 54.7 Å². The molecule has 2 rings (SSSR count). The van der Waals surface area contributed by atoms with Gasteiger partial charge in [0, 0.05) is 15.7 Å². The first-order chi connectivity index (χ1) is 12.7. The van der Waals surface area contributed by atoms with Gasteiger partial charge in [0.15, 0.2) is 5.11 Å². The van der Waals surface area contributed by atoms with E-state index >= 15 is 0 Å². The number of hydrogen-bond donors (Lipinski definition) is 3. The van der Waals surface area contributed by atoms with E-state index in [1.54, 1.807) is 24.3 Å². The normalized spacial score (nSPS) is 12.0. The van der Waals surface area contributed by atoms with Crippen LogP contribution in [0.3, 0.4) is 0 Å². The van der Waals surface area contributed by atoms with Gasteiger partial charge in [-0.15, -0.1) is 0 Å². The van der Waals surface area contributed by atoms with Crippen molar-refractivity contribution in [3.8, 4) is 5.75 Å². The molecule has 0 saturated heterocycles. The Morgan fingerprint density at radius 3 is 2.41 bits per heavy atom. The van der Waals surface area contributed by atoms with E-state index in [1.165, 1.54) is 7.11 Å². The summed E-state index contributed by atoms with van der Waals surface area (Å²) in [5, 5.41) is 8.55. The summed E-state index contributed by atoms with van der Waals surface area (Å²) in [6, 6.07) is 13.9. The van der Waals surface area contributed by atoms with E-state index in [0.717, 1.165) is 10.2 Å². The Hall–Kier alpha value is -1.25. The number of halogens is 4. The summed E-state index contributed by atoms with van der Waals surface area (Å²) < 4.78 is 4.19. The number of amides is 1. The third kappa shape index (κ3) is 7.01. The van der Waals surface area contributed by atoms with Crippen LogP contribution in [-0.2, 0) is 0 Å². The van der Waals surface area contributed by atoms with Gasteiger partial charge in [0.25, 0.3) is 5.91 Å². The molecule has 0 fully saturated rings. The van der Waals surface area contributed by atoms with E-state index in [-0.39, 0.29) is 5.11 Å². The van der Waals surface area contributed by atoms with Crippen LogP contribution >= 0.6 is 63.0 Å². The second-order valence-electron chi connectivity index (χ2n) is 5.29. The number of hydrogen-bond acceptors (Lipinski definition) is 3. The molecule has 2 aromatic carbocycles. The third-order valence-electron chi connectivity index (χ3n) is 3.31. The van der Waals surface area contributed by atoms with Crippen molar-refractivity contribution in [2.45, 2.75) is 9.96 Å². The lowest BCUT2D eigenvalue weighted by molar-refractivity contribution is 0.0934. The smallest absolute Gasteiger partial charge is 0.253 e. The molecule has 0 aliphatic heterocycles. The number of nitrogens with one attached hydrogen (secondary N) is 3. The monoisotopic (exact) mass is 509 g/mol. The van der Waals surface area contributed by atoms with Gasteiger partial charge in [-0.25, -0.2) is 0 Å². The molecule has 10 heteroatoms. The van der Waals surface area contributed by atoms with Gasteiger partial charge >= 0.3 is 0 Å². The number of benzene rings is 2. The minimum atomic E-state index is -1.85. The van der Waals surface area contributed by atoms with Gasteiger partial charge in [0.05, 0.1) is 7.11 Å². The van der Waals surface area contributed by atoms with E-state index in [2.05, 4.69) is 31.9 Å². The number of rotatable bonds is 5. The molecule has 0 aliphatic rings. The number of thiocarbonyl (C=S) groups is 1. The Morgan fingerprint density at radius 1 is 1.15 bits per heavy atom. The van der Waals surface area contributed by atoms with Crippen LogP contribution < -0.4 is 20.7 Å². The zero-order chi connectivity index (χ0) is 20.0. The molecule has 2 aromatic rings. The van der Waals surface area contributed by atoms with Gasteiger partial charge in [0.1, 0.15) is 11.9 Å². The fraction of sp³-hybridized carbons (Fsp3) is 0.176. The predicted octanol–water partition coefficient (Wildman–Crippen LogP) is 4.87. The van der Waals surface area contributed by atoms with Crippen LogP contribution in [-0.4, -0.2) is 28.1 Å². The molecule has 0 saturated carbocycles. The average Bonchev–Trinajstić information content (AvgIpc) is 2.62. The maximum Gasteiger partial charge on any atom is 0.253 e. The van der Waals surface area contributed by atoms with E-state index in [9.17, 15) is 4.79 Å². The number of ether oxygens (including phenoxy) is 1. The van der Waals surface area contributed by atoms with E-state index in [0.29, 0.717) is 11.3 Å². The molecule has 144 valence electrons. The van der Waals surface area contributed by atoms with E-state index in [4.69, 9.17) is 51.8 Å². The number of carbonyl (C=O) groups is 1. The van der Waals surface area contributed by atoms with E-state index in [1.807, 2.05) is 24.3 Å². The Balaban J connectivity index is 2.07. The Kier molecular flexibility index (Phi) is 8.00. The van der Waals surface area contributed by atoms with Crippen LogP contribution in [0.5, 0.6) is 5.75 Å². The quantitative estimate of drug-likeness (QED) is 0.304. The minimum absolute atomic E-state index is 0.180. The van der Waals surface area contributed by atoms with Crippen molar-refractivity contribution >= 4 is 79.7 Å². The van der Waals surface area contributed by atoms with Crippen LogP contribution in [0.15, 0.2) is 53.0 Å². The summed E-state index contributed by atoms with van der Waals surface area (Å²) in [5.74, 6) is 0.0811. The highest BCUT2D eigenvalue weighted by Gasteiger charge is 2.35. The summed E-state index contributed by atoms with van der Waals surface area (Å²) in [4.78, 5) is 12.5. The largest absolute Gasteiger partial charge is 0.497 e. The Morgan fingerprint density at radius 2 is 1.81 bits per heavy atom. The first kappa shape index (κ1) is 22.0. The van der Waals surface area contributed by atoms with Crippen LogP contribution in [0.4, 0.5) is 5.69 Å². The van der Waals surface area contributed by atoms with Crippen molar-refractivity contribution in [3.63, 3.8) is 0 Å². The highest BCUT2D eigenvalue weighted by Crippen LogP contribution is 2.29. The maximum absolute atomic E-state index is 12.5. The first-order valence-corrected chi connectivity index (χ1v) is 9.87. The summed E-state index contributed by atoms with van der Waals surface area (Å²) in [6.45, 7) is 0. The molecule has 0 aromatic heterocycles. The van der Waals surface area contributed by atoms with Crippen molar-refractivity contribution in [2.75, 3.05) is 12.4 Å². The third-order valence-corrected chi connectivity index (χ3v) is 4.72. The zero-order valence-corrected chi connectivity index (χ0v) is 18.6. The van der Waals surface area contributed by atoms with Crippen LogP contribution in [0, 0.1) is 0 Å². The van der Waals surface area contributed by atoms with Gasteiger partial charge < -0.3 is 20.7 Å². The SMILES string of the molecule is COc1cccc(C(=O)NC(NC(=S)Nc2ccc(Br)cc2)C(Cl)(Cl)Cl)c1. The van der Waals surface area contributed by atoms with Gasteiger partial charge in [-0.2, -0.15) is 0 Å². The van der Waals surface area contributed by atoms with Crippen molar-refractivity contribution in [1.29, 1.82) is 0 Å². The van der Waals surface area contributed by atoms with Crippen molar-refractivity contribution < 1.29 is 9.53 Å². The molecular weight excluding hydrogens is 497 g/mol. The molecule has 27 heavy (non-hydrogen) atoms. The fourth-order valence-corrected chi connectivity index (χ4v) is 2.84. The van der Waals surface area contributed by atoms with Gasteiger partial charge in [-0.1, -0.05) is 56.8 Å². The lowest BCUT2D eigenvalue weighted by Gasteiger charge is -2.27. The zero-order valence-electron chi connectivity index (χ0n) is 13.9. The van der Waals surface area contributed by atoms with Gasteiger partial charge in [-0.3, -0.25) is 4.79 Å². The second-order valence-corrected chi connectivity index (χ2v) is 8.98. The molecule has 0 radical (unpaired) electrons. The lowest BCUT2D eigenvalue weighted by Crippen LogP contribution is -2.56. The highest BCUT2D eigenvalue weighted by molar-refractivity contribution is 9.10. The standard InChI is InChI=1S/C17H15BrCl3N3O2S/c1-26-13-4-2-3-10(9-13)14(25)23-15(17(19,20)21)24-16(27)22-12-7-5-11(18)6-8-12/h2-9,15H,1H3,(H,23,25)(H2,22,24,27). The van der Waals surface area contributed by atoms with Crippen molar-refractivity contribution in [3.05, 3.63) is 58.6 Å². The minimum Gasteiger partial charge on any atom is -0.497 e. The molecule has 1 unspecified atom stereocenters. The molecule has 0 aliphatic carbocycles. The maximum atomic E-state index is 12.5. The number of carbonyl (C=O) groups excluding carboxylic acids is 1. The molecule has 3 N–H and O–H groups in total. The number of alkyl halides is 3. The first-order valence-electron chi connectivity index (χ1n) is 7.54.